The lowest BCUT2D eigenvalue weighted by atomic mass is 9.87. The quantitative estimate of drug-likeness (QED) is 0.133. The normalized spacial score (nSPS) is 19.0. The summed E-state index contributed by atoms with van der Waals surface area (Å²) in [6.45, 7) is 3.51. The first-order chi connectivity index (χ1) is 31.5. The van der Waals surface area contributed by atoms with Gasteiger partial charge < -0.3 is 29.7 Å². The molecule has 0 bridgehead atoms. The smallest absolute Gasteiger partial charge is 0.257 e. The number of fused-ring (bicyclic) bond motifs is 2. The molecule has 2 aromatic carbocycles. The molecule has 1 unspecified atom stereocenters. The van der Waals surface area contributed by atoms with Crippen LogP contribution in [0.3, 0.4) is 0 Å². The van der Waals surface area contributed by atoms with Gasteiger partial charge >= 0.3 is 0 Å². The van der Waals surface area contributed by atoms with Crippen LogP contribution in [0, 0.1) is 11.6 Å². The molecular weight excluding hydrogens is 859 g/mol. The molecule has 2 atom stereocenters. The number of imide groups is 1. The third-order valence-electron chi connectivity index (χ3n) is 12.9. The number of rotatable bonds is 11. The largest absolute Gasteiger partial charge is 0.389 e. The zero-order valence-corrected chi connectivity index (χ0v) is 36.1. The van der Waals surface area contributed by atoms with Gasteiger partial charge in [-0.05, 0) is 80.1 Å². The van der Waals surface area contributed by atoms with Gasteiger partial charge in [0.05, 0.1) is 40.6 Å². The van der Waals surface area contributed by atoms with Gasteiger partial charge in [-0.2, -0.15) is 5.10 Å². The van der Waals surface area contributed by atoms with E-state index >= 15 is 8.78 Å². The van der Waals surface area contributed by atoms with Crippen molar-refractivity contribution in [3.8, 4) is 11.1 Å². The lowest BCUT2D eigenvalue weighted by Gasteiger charge is -2.41. The minimum absolute atomic E-state index is 0.0316. The number of pyridine rings is 1. The Balaban J connectivity index is 0.742. The first-order valence-electron chi connectivity index (χ1n) is 21.8. The molecule has 8 heterocycles. The Labute approximate surface area is 375 Å². The number of carbonyl (C=O) groups is 4. The number of hydrogen-bond donors (Lipinski definition) is 4. The molecular formula is C45H46F2N12O5S. The third kappa shape index (κ3) is 8.62. The van der Waals surface area contributed by atoms with E-state index in [1.807, 2.05) is 21.6 Å². The molecule has 10 rings (SSSR count). The van der Waals surface area contributed by atoms with Gasteiger partial charge in [0, 0.05) is 93.1 Å². The van der Waals surface area contributed by atoms with E-state index in [1.54, 1.807) is 53.4 Å². The SMILES string of the molecule is O=C1CC[C@H](Nc2ccc(N3CCC(O)(CC(=O)N4CCN(c5ccc(-c6cc(F)c7cn(C(C(=O)Nc8nccs8)c8ncn9c8CCC9)nc7c6)cn5)CC4)CC3)c(F)c2)C(=O)N1. The van der Waals surface area contributed by atoms with E-state index in [2.05, 4.69) is 30.8 Å². The highest BCUT2D eigenvalue weighted by Gasteiger charge is 2.38. The number of piperazine rings is 1. The lowest BCUT2D eigenvalue weighted by molar-refractivity contribution is -0.138. The molecule has 17 nitrogen and oxygen atoms in total. The van der Waals surface area contributed by atoms with Gasteiger partial charge in [0.15, 0.2) is 11.2 Å². The van der Waals surface area contributed by atoms with E-state index < -0.39 is 35.2 Å². The number of halogens is 2. The molecule has 4 aliphatic rings. The van der Waals surface area contributed by atoms with Crippen molar-refractivity contribution in [2.24, 2.45) is 0 Å². The topological polar surface area (TPSA) is 196 Å². The fourth-order valence-corrected chi connectivity index (χ4v) is 9.84. The number of nitrogens with one attached hydrogen (secondary N) is 3. The maximum atomic E-state index is 15.8. The number of anilines is 4. The van der Waals surface area contributed by atoms with E-state index in [4.69, 9.17) is 10.1 Å². The highest BCUT2D eigenvalue weighted by atomic mass is 32.1. The van der Waals surface area contributed by atoms with Crippen LogP contribution in [0.2, 0.25) is 0 Å². The molecule has 20 heteroatoms. The number of nitrogens with zero attached hydrogens (tertiary/aromatic N) is 9. The number of imidazole rings is 1. The summed E-state index contributed by atoms with van der Waals surface area (Å²) in [7, 11) is 0. The predicted molar refractivity (Wildman–Crippen MR) is 238 cm³/mol. The lowest BCUT2D eigenvalue weighted by Crippen LogP contribution is -2.52. The average Bonchev–Trinajstić information content (AvgIpc) is 4.13. The summed E-state index contributed by atoms with van der Waals surface area (Å²) >= 11 is 1.30. The summed E-state index contributed by atoms with van der Waals surface area (Å²) in [6.07, 6.45) is 9.40. The van der Waals surface area contributed by atoms with Crippen molar-refractivity contribution in [1.82, 2.24) is 39.5 Å². The highest BCUT2D eigenvalue weighted by molar-refractivity contribution is 7.13. The second-order valence-corrected chi connectivity index (χ2v) is 18.0. The first-order valence-corrected chi connectivity index (χ1v) is 22.6. The number of thiazole rings is 1. The van der Waals surface area contributed by atoms with Crippen LogP contribution >= 0.6 is 11.3 Å². The molecule has 0 spiro atoms. The van der Waals surface area contributed by atoms with Gasteiger partial charge in [0.2, 0.25) is 17.7 Å². The first kappa shape index (κ1) is 42.2. The number of amides is 4. The minimum atomic E-state index is -1.22. The van der Waals surface area contributed by atoms with Crippen LogP contribution in [0.1, 0.15) is 56.0 Å². The number of hydrogen-bond acceptors (Lipinski definition) is 13. The average molecular weight is 905 g/mol. The number of carbonyl (C=O) groups excluding carboxylic acids is 4. The van der Waals surface area contributed by atoms with E-state index in [9.17, 15) is 24.3 Å². The van der Waals surface area contributed by atoms with E-state index in [0.29, 0.717) is 103 Å². The van der Waals surface area contributed by atoms with Crippen LogP contribution in [0.5, 0.6) is 0 Å². The Bertz CT molecular complexity index is 2780. The van der Waals surface area contributed by atoms with Crippen molar-refractivity contribution >= 4 is 68.2 Å². The molecule has 0 saturated carbocycles. The second kappa shape index (κ2) is 17.3. The van der Waals surface area contributed by atoms with Crippen LogP contribution < -0.4 is 25.8 Å². The minimum Gasteiger partial charge on any atom is -0.389 e. The second-order valence-electron chi connectivity index (χ2n) is 17.1. The molecule has 65 heavy (non-hydrogen) atoms. The van der Waals surface area contributed by atoms with E-state index in [0.717, 1.165) is 25.1 Å². The van der Waals surface area contributed by atoms with Gasteiger partial charge in [0.1, 0.15) is 23.5 Å². The van der Waals surface area contributed by atoms with Crippen LogP contribution in [-0.2, 0) is 32.1 Å². The summed E-state index contributed by atoms with van der Waals surface area (Å²) in [5, 5.41) is 26.8. The van der Waals surface area contributed by atoms with Crippen LogP contribution in [-0.4, -0.2) is 114 Å². The highest BCUT2D eigenvalue weighted by Crippen LogP contribution is 2.34. The maximum absolute atomic E-state index is 15.8. The number of aliphatic hydroxyl groups is 1. The Hall–Kier alpha value is -6.80. The molecule has 336 valence electrons. The van der Waals surface area contributed by atoms with Crippen LogP contribution in [0.25, 0.3) is 22.0 Å². The van der Waals surface area contributed by atoms with Crippen LogP contribution in [0.4, 0.5) is 31.1 Å². The van der Waals surface area contributed by atoms with Gasteiger partial charge in [0.25, 0.3) is 5.91 Å². The molecule has 6 aromatic rings. The molecule has 4 aromatic heterocycles. The summed E-state index contributed by atoms with van der Waals surface area (Å²) in [5.41, 5.74) is 2.76. The fraction of sp³-hybridized carbons (Fsp3) is 0.378. The maximum Gasteiger partial charge on any atom is 0.257 e. The molecule has 3 saturated heterocycles. The van der Waals surface area contributed by atoms with Crippen molar-refractivity contribution in [1.29, 1.82) is 0 Å². The van der Waals surface area contributed by atoms with E-state index in [-0.39, 0.29) is 35.9 Å². The zero-order chi connectivity index (χ0) is 44.8. The standard InChI is InChI=1S/C45H46F2N12O5S/c46-31-20-28(21-34-30(31)25-59(54-34)41(43(63)53-44-48-11-19-65-44)40-36-2-1-12-58(36)26-50-40)27-3-7-37(49-24-27)56-15-17-57(18-16-56)39(61)23-45(64)9-13-55(14-10-45)35-6-4-29(22-32(35)47)51-33-5-8-38(60)52-42(33)62/h3-4,6-7,11,19-22,24-26,33,41,51,64H,1-2,5,8-10,12-18,23H2,(H,48,53,63)(H,52,60,62)/t33-,41?/m0/s1. The molecule has 0 aliphatic carbocycles. The number of aromatic nitrogens is 6. The number of aryl methyl sites for hydroxylation is 1. The zero-order valence-electron chi connectivity index (χ0n) is 35.3. The van der Waals surface area contributed by atoms with Crippen molar-refractivity contribution in [2.75, 3.05) is 59.7 Å². The Kier molecular flexibility index (Phi) is 11.2. The van der Waals surface area contributed by atoms with Crippen molar-refractivity contribution in [3.63, 3.8) is 0 Å². The number of benzene rings is 2. The summed E-state index contributed by atoms with van der Waals surface area (Å²) in [6, 6.07) is 10.0. The molecule has 4 amide bonds. The monoisotopic (exact) mass is 904 g/mol. The van der Waals surface area contributed by atoms with Crippen molar-refractivity contribution in [3.05, 3.63) is 95.8 Å². The van der Waals surface area contributed by atoms with Crippen LogP contribution in [0.15, 0.2) is 72.8 Å². The van der Waals surface area contributed by atoms with Gasteiger partial charge in [-0.25, -0.2) is 23.7 Å². The molecule has 3 fully saturated rings. The summed E-state index contributed by atoms with van der Waals surface area (Å²) < 4.78 is 34.6. The molecule has 4 aliphatic heterocycles. The number of piperidine rings is 2. The molecule has 0 radical (unpaired) electrons. The van der Waals surface area contributed by atoms with Gasteiger partial charge in [-0.15, -0.1) is 11.3 Å². The fourth-order valence-electron chi connectivity index (χ4n) is 9.31. The van der Waals surface area contributed by atoms with Crippen molar-refractivity contribution in [2.45, 2.75) is 69.2 Å². The van der Waals surface area contributed by atoms with Gasteiger partial charge in [-0.1, -0.05) is 0 Å². The Morgan fingerprint density at radius 1 is 0.923 bits per heavy atom. The Morgan fingerprint density at radius 2 is 1.75 bits per heavy atom. The predicted octanol–water partition coefficient (Wildman–Crippen LogP) is 4.49. The van der Waals surface area contributed by atoms with Gasteiger partial charge in [-0.3, -0.25) is 34.5 Å². The third-order valence-corrected chi connectivity index (χ3v) is 13.6. The summed E-state index contributed by atoms with van der Waals surface area (Å²) in [5.74, 6) is -1.51. The van der Waals surface area contributed by atoms with E-state index in [1.165, 1.54) is 28.2 Å². The summed E-state index contributed by atoms with van der Waals surface area (Å²) in [4.78, 5) is 70.0. The Morgan fingerprint density at radius 3 is 2.49 bits per heavy atom. The molecule has 4 N–H and O–H groups in total. The van der Waals surface area contributed by atoms with Crippen molar-refractivity contribution < 1.29 is 33.1 Å².